The molecule has 0 bridgehead atoms. The summed E-state index contributed by atoms with van der Waals surface area (Å²) in [6.45, 7) is 3.91. The molecule has 0 radical (unpaired) electrons. The Morgan fingerprint density at radius 1 is 1.17 bits per heavy atom. The number of rotatable bonds is 1. The predicted molar refractivity (Wildman–Crippen MR) is 48.8 cm³/mol. The highest BCUT2D eigenvalue weighted by atomic mass is 16.1. The first-order valence-electron chi connectivity index (χ1n) is 5.01. The van der Waals surface area contributed by atoms with E-state index in [1.807, 2.05) is 0 Å². The van der Waals surface area contributed by atoms with E-state index in [1.54, 1.807) is 0 Å². The zero-order chi connectivity index (χ0) is 8.55. The van der Waals surface area contributed by atoms with Crippen LogP contribution in [0.1, 0.15) is 38.5 Å². The van der Waals surface area contributed by atoms with Gasteiger partial charge in [-0.05, 0) is 36.7 Å². The van der Waals surface area contributed by atoms with Crippen molar-refractivity contribution in [3.8, 4) is 0 Å². The van der Waals surface area contributed by atoms with E-state index in [-0.39, 0.29) is 0 Å². The number of carbonyl (C=O) groups excluding carboxylic acids is 1. The molecule has 0 saturated heterocycles. The minimum Gasteiger partial charge on any atom is -0.295 e. The largest absolute Gasteiger partial charge is 0.295 e. The molecule has 1 nitrogen and oxygen atoms in total. The van der Waals surface area contributed by atoms with Gasteiger partial charge in [-0.2, -0.15) is 0 Å². The van der Waals surface area contributed by atoms with Gasteiger partial charge in [-0.15, -0.1) is 0 Å². The highest BCUT2D eigenvalue weighted by molar-refractivity contribution is 5.97. The summed E-state index contributed by atoms with van der Waals surface area (Å²) in [4.78, 5) is 11.2. The lowest BCUT2D eigenvalue weighted by molar-refractivity contribution is -0.114. The fraction of sp³-hybridized carbons (Fsp3) is 0.727. The van der Waals surface area contributed by atoms with Gasteiger partial charge in [0.2, 0.25) is 0 Å². The molecule has 2 aliphatic rings. The van der Waals surface area contributed by atoms with E-state index in [9.17, 15) is 4.79 Å². The number of hydrogen-bond donors (Lipinski definition) is 0. The summed E-state index contributed by atoms with van der Waals surface area (Å²) in [5.41, 5.74) is 0.932. The molecule has 2 fully saturated rings. The van der Waals surface area contributed by atoms with Crippen molar-refractivity contribution in [2.24, 2.45) is 11.8 Å². The van der Waals surface area contributed by atoms with Crippen LogP contribution in [0.5, 0.6) is 0 Å². The molecule has 0 aromatic heterocycles. The van der Waals surface area contributed by atoms with Crippen LogP contribution >= 0.6 is 0 Å². The highest BCUT2D eigenvalue weighted by Gasteiger charge is 2.34. The van der Waals surface area contributed by atoms with Gasteiger partial charge >= 0.3 is 0 Å². The van der Waals surface area contributed by atoms with E-state index < -0.39 is 0 Å². The van der Waals surface area contributed by atoms with Gasteiger partial charge in [0.15, 0.2) is 5.78 Å². The van der Waals surface area contributed by atoms with Crippen LogP contribution in [0.25, 0.3) is 0 Å². The van der Waals surface area contributed by atoms with Crippen molar-refractivity contribution < 1.29 is 4.79 Å². The molecule has 0 aromatic carbocycles. The lowest BCUT2D eigenvalue weighted by Crippen LogP contribution is -2.10. The summed E-state index contributed by atoms with van der Waals surface area (Å²) >= 11 is 0. The Hall–Kier alpha value is -0.590. The standard InChI is InChI=1S/C11H16O/c1-8-10(6-7-11(8)12)9-4-2-3-5-9/h9-10H,1-7H2. The molecule has 1 atom stereocenters. The molecule has 2 saturated carbocycles. The lowest BCUT2D eigenvalue weighted by Gasteiger charge is -2.17. The molecule has 0 spiro atoms. The Kier molecular flexibility index (Phi) is 2.03. The van der Waals surface area contributed by atoms with E-state index >= 15 is 0 Å². The number of Topliss-reactive ketones (excluding diaryl/α,β-unsaturated/α-hetero) is 1. The smallest absolute Gasteiger partial charge is 0.158 e. The van der Waals surface area contributed by atoms with E-state index in [2.05, 4.69) is 6.58 Å². The highest BCUT2D eigenvalue weighted by Crippen LogP contribution is 2.41. The van der Waals surface area contributed by atoms with Crippen molar-refractivity contribution in [1.82, 2.24) is 0 Å². The number of ketones is 1. The van der Waals surface area contributed by atoms with E-state index in [1.165, 1.54) is 25.7 Å². The first-order chi connectivity index (χ1) is 5.79. The fourth-order valence-corrected chi connectivity index (χ4v) is 2.71. The van der Waals surface area contributed by atoms with Crippen molar-refractivity contribution in [2.45, 2.75) is 38.5 Å². The normalized spacial score (nSPS) is 31.8. The molecule has 66 valence electrons. The summed E-state index contributed by atoms with van der Waals surface area (Å²) in [6, 6.07) is 0. The van der Waals surface area contributed by atoms with Gasteiger partial charge in [-0.25, -0.2) is 0 Å². The first kappa shape index (κ1) is 8.03. The van der Waals surface area contributed by atoms with Gasteiger partial charge < -0.3 is 0 Å². The molecule has 2 aliphatic carbocycles. The van der Waals surface area contributed by atoms with Crippen LogP contribution in [0.2, 0.25) is 0 Å². The second kappa shape index (κ2) is 3.04. The lowest BCUT2D eigenvalue weighted by atomic mass is 9.87. The Morgan fingerprint density at radius 3 is 2.33 bits per heavy atom. The number of carbonyl (C=O) groups is 1. The molecule has 0 aliphatic heterocycles. The molecular formula is C11H16O. The zero-order valence-electron chi connectivity index (χ0n) is 7.51. The molecule has 0 heterocycles. The average Bonchev–Trinajstić information content (AvgIpc) is 2.64. The van der Waals surface area contributed by atoms with Crippen molar-refractivity contribution >= 4 is 5.78 Å². The van der Waals surface area contributed by atoms with E-state index in [4.69, 9.17) is 0 Å². The average molecular weight is 164 g/mol. The third-order valence-electron chi connectivity index (χ3n) is 3.46. The maximum atomic E-state index is 11.2. The van der Waals surface area contributed by atoms with Gasteiger partial charge in [0.25, 0.3) is 0 Å². The first-order valence-corrected chi connectivity index (χ1v) is 5.01. The van der Waals surface area contributed by atoms with Crippen molar-refractivity contribution in [2.75, 3.05) is 0 Å². The summed E-state index contributed by atoms with van der Waals surface area (Å²) in [5.74, 6) is 1.68. The van der Waals surface area contributed by atoms with Crippen LogP contribution in [-0.4, -0.2) is 5.78 Å². The zero-order valence-corrected chi connectivity index (χ0v) is 7.51. The maximum absolute atomic E-state index is 11.2. The van der Waals surface area contributed by atoms with Crippen LogP contribution in [-0.2, 0) is 4.79 Å². The predicted octanol–water partition coefficient (Wildman–Crippen LogP) is 2.71. The number of hydrogen-bond acceptors (Lipinski definition) is 1. The Morgan fingerprint density at radius 2 is 1.83 bits per heavy atom. The maximum Gasteiger partial charge on any atom is 0.158 e. The van der Waals surface area contributed by atoms with Crippen LogP contribution in [0.4, 0.5) is 0 Å². The summed E-state index contributed by atoms with van der Waals surface area (Å²) < 4.78 is 0. The molecular weight excluding hydrogens is 148 g/mol. The van der Waals surface area contributed by atoms with E-state index in [0.717, 1.165) is 24.3 Å². The van der Waals surface area contributed by atoms with Gasteiger partial charge in [0, 0.05) is 6.42 Å². The summed E-state index contributed by atoms with van der Waals surface area (Å²) in [6.07, 6.45) is 7.24. The van der Waals surface area contributed by atoms with Crippen molar-refractivity contribution in [3.05, 3.63) is 12.2 Å². The molecule has 0 N–H and O–H groups in total. The van der Waals surface area contributed by atoms with Gasteiger partial charge in [0.1, 0.15) is 0 Å². The van der Waals surface area contributed by atoms with Gasteiger partial charge in [0.05, 0.1) is 0 Å². The van der Waals surface area contributed by atoms with Gasteiger partial charge in [-0.3, -0.25) is 4.79 Å². The molecule has 2 rings (SSSR count). The molecule has 1 heteroatoms. The van der Waals surface area contributed by atoms with Crippen molar-refractivity contribution in [1.29, 1.82) is 0 Å². The quantitative estimate of drug-likeness (QED) is 0.544. The second-order valence-corrected chi connectivity index (χ2v) is 4.14. The number of allylic oxidation sites excluding steroid dienone is 1. The Bertz CT molecular complexity index is 211. The van der Waals surface area contributed by atoms with Crippen LogP contribution in [0.15, 0.2) is 12.2 Å². The van der Waals surface area contributed by atoms with Gasteiger partial charge in [-0.1, -0.05) is 19.4 Å². The third-order valence-corrected chi connectivity index (χ3v) is 3.46. The Balaban J connectivity index is 2.04. The minimum atomic E-state index is 0.326. The molecule has 0 aromatic rings. The fourth-order valence-electron chi connectivity index (χ4n) is 2.71. The molecule has 12 heavy (non-hydrogen) atoms. The monoisotopic (exact) mass is 164 g/mol. The third kappa shape index (κ3) is 1.21. The van der Waals surface area contributed by atoms with Crippen LogP contribution in [0.3, 0.4) is 0 Å². The molecule has 1 unspecified atom stereocenters. The van der Waals surface area contributed by atoms with Crippen LogP contribution in [0, 0.1) is 11.8 Å². The summed E-state index contributed by atoms with van der Waals surface area (Å²) in [7, 11) is 0. The minimum absolute atomic E-state index is 0.326. The SMILES string of the molecule is C=C1C(=O)CCC1C1CCCC1. The molecule has 0 amide bonds. The topological polar surface area (TPSA) is 17.1 Å². The second-order valence-electron chi connectivity index (χ2n) is 4.14. The van der Waals surface area contributed by atoms with Crippen LogP contribution < -0.4 is 0 Å². The van der Waals surface area contributed by atoms with Crippen molar-refractivity contribution in [3.63, 3.8) is 0 Å². The summed E-state index contributed by atoms with van der Waals surface area (Å²) in [5, 5.41) is 0. The Labute approximate surface area is 73.8 Å². The van der Waals surface area contributed by atoms with E-state index in [0.29, 0.717) is 11.7 Å².